The van der Waals surface area contributed by atoms with Gasteiger partial charge in [0.2, 0.25) is 0 Å². The highest BCUT2D eigenvalue weighted by atomic mass is 16.4. The first-order valence-electron chi connectivity index (χ1n) is 6.32. The van der Waals surface area contributed by atoms with Crippen LogP contribution in [0.3, 0.4) is 0 Å². The van der Waals surface area contributed by atoms with Gasteiger partial charge in [-0.15, -0.1) is 10.2 Å². The van der Waals surface area contributed by atoms with E-state index in [0.717, 1.165) is 30.9 Å². The van der Waals surface area contributed by atoms with Gasteiger partial charge in [0.1, 0.15) is 11.6 Å². The van der Waals surface area contributed by atoms with Gasteiger partial charge in [-0.3, -0.25) is 4.79 Å². The maximum Gasteiger partial charge on any atom is 0.308 e. The first-order chi connectivity index (χ1) is 8.17. The third-order valence-electron chi connectivity index (χ3n) is 3.68. The van der Waals surface area contributed by atoms with Crippen LogP contribution in [0.2, 0.25) is 0 Å². The van der Waals surface area contributed by atoms with E-state index in [2.05, 4.69) is 24.0 Å². The molecular formula is C12H19N3O2. The number of carboxylic acids is 1. The topological polar surface area (TPSA) is 68.0 Å². The molecule has 0 aromatic carbocycles. The third kappa shape index (κ3) is 2.18. The number of aliphatic carboxylic acids is 1. The Balaban J connectivity index is 2.28. The van der Waals surface area contributed by atoms with Crippen molar-refractivity contribution >= 4 is 5.97 Å². The van der Waals surface area contributed by atoms with Gasteiger partial charge < -0.3 is 9.67 Å². The SMILES string of the molecule is CCC(CC)c1nnc2n1CC(C(=O)O)CC2. The van der Waals surface area contributed by atoms with Crippen LogP contribution in [0, 0.1) is 5.92 Å². The number of carbonyl (C=O) groups is 1. The molecule has 1 aromatic heterocycles. The van der Waals surface area contributed by atoms with E-state index in [4.69, 9.17) is 5.11 Å². The normalized spacial score (nSPS) is 19.4. The summed E-state index contributed by atoms with van der Waals surface area (Å²) in [5.41, 5.74) is 0. The third-order valence-corrected chi connectivity index (χ3v) is 3.68. The zero-order valence-corrected chi connectivity index (χ0v) is 10.4. The summed E-state index contributed by atoms with van der Waals surface area (Å²) >= 11 is 0. The number of hydrogen-bond donors (Lipinski definition) is 1. The van der Waals surface area contributed by atoms with Crippen LogP contribution >= 0.6 is 0 Å². The molecule has 2 heterocycles. The molecule has 5 heteroatoms. The lowest BCUT2D eigenvalue weighted by atomic mass is 9.97. The van der Waals surface area contributed by atoms with Crippen LogP contribution in [0.15, 0.2) is 0 Å². The second kappa shape index (κ2) is 4.85. The smallest absolute Gasteiger partial charge is 0.308 e. The van der Waals surface area contributed by atoms with Gasteiger partial charge in [0.25, 0.3) is 0 Å². The molecule has 1 atom stereocenters. The Morgan fingerprint density at radius 2 is 2.18 bits per heavy atom. The van der Waals surface area contributed by atoms with E-state index in [-0.39, 0.29) is 5.92 Å². The van der Waals surface area contributed by atoms with Crippen molar-refractivity contribution in [1.82, 2.24) is 14.8 Å². The van der Waals surface area contributed by atoms with Crippen LogP contribution in [0.1, 0.15) is 50.7 Å². The summed E-state index contributed by atoms with van der Waals surface area (Å²) in [5.74, 6) is 1.32. The van der Waals surface area contributed by atoms with Crippen LogP contribution in [-0.4, -0.2) is 25.8 Å². The molecule has 0 fully saturated rings. The van der Waals surface area contributed by atoms with Gasteiger partial charge in [0.05, 0.1) is 5.92 Å². The minimum Gasteiger partial charge on any atom is -0.481 e. The Morgan fingerprint density at radius 3 is 2.76 bits per heavy atom. The van der Waals surface area contributed by atoms with Crippen molar-refractivity contribution in [1.29, 1.82) is 0 Å². The highest BCUT2D eigenvalue weighted by Gasteiger charge is 2.28. The van der Waals surface area contributed by atoms with E-state index in [1.807, 2.05) is 4.57 Å². The van der Waals surface area contributed by atoms with E-state index in [0.29, 0.717) is 18.9 Å². The van der Waals surface area contributed by atoms with Crippen molar-refractivity contribution in [3.05, 3.63) is 11.6 Å². The number of hydrogen-bond acceptors (Lipinski definition) is 3. The summed E-state index contributed by atoms with van der Waals surface area (Å²) in [7, 11) is 0. The summed E-state index contributed by atoms with van der Waals surface area (Å²) < 4.78 is 2.03. The molecule has 94 valence electrons. The Labute approximate surface area is 101 Å². The lowest BCUT2D eigenvalue weighted by molar-refractivity contribution is -0.142. The molecule has 1 aliphatic rings. The zero-order valence-electron chi connectivity index (χ0n) is 10.4. The van der Waals surface area contributed by atoms with Gasteiger partial charge in [-0.05, 0) is 19.3 Å². The van der Waals surface area contributed by atoms with Gasteiger partial charge in [0, 0.05) is 18.9 Å². The maximum atomic E-state index is 11.1. The molecule has 0 saturated carbocycles. The van der Waals surface area contributed by atoms with Crippen LogP contribution in [0.4, 0.5) is 0 Å². The molecule has 1 unspecified atom stereocenters. The number of nitrogens with zero attached hydrogens (tertiary/aromatic N) is 3. The van der Waals surface area contributed by atoms with E-state index in [1.54, 1.807) is 0 Å². The number of carboxylic acid groups (broad SMARTS) is 1. The van der Waals surface area contributed by atoms with Gasteiger partial charge >= 0.3 is 5.97 Å². The fourth-order valence-electron chi connectivity index (χ4n) is 2.51. The van der Waals surface area contributed by atoms with Crippen LogP contribution in [0.5, 0.6) is 0 Å². The molecule has 1 aliphatic heterocycles. The molecule has 17 heavy (non-hydrogen) atoms. The Kier molecular flexibility index (Phi) is 3.45. The van der Waals surface area contributed by atoms with E-state index in [9.17, 15) is 4.79 Å². The molecule has 0 amide bonds. The average molecular weight is 237 g/mol. The fourth-order valence-corrected chi connectivity index (χ4v) is 2.51. The maximum absolute atomic E-state index is 11.1. The van der Waals surface area contributed by atoms with E-state index in [1.165, 1.54) is 0 Å². The molecule has 2 rings (SSSR count). The molecule has 0 saturated heterocycles. The number of rotatable bonds is 4. The largest absolute Gasteiger partial charge is 0.481 e. The van der Waals surface area contributed by atoms with Crippen molar-refractivity contribution in [3.8, 4) is 0 Å². The van der Waals surface area contributed by atoms with Gasteiger partial charge in [-0.1, -0.05) is 13.8 Å². The quantitative estimate of drug-likeness (QED) is 0.867. The van der Waals surface area contributed by atoms with Crippen LogP contribution in [0.25, 0.3) is 0 Å². The number of fused-ring (bicyclic) bond motifs is 1. The van der Waals surface area contributed by atoms with Crippen molar-refractivity contribution in [3.63, 3.8) is 0 Å². The molecule has 5 nitrogen and oxygen atoms in total. The predicted molar refractivity (Wildman–Crippen MR) is 62.8 cm³/mol. The van der Waals surface area contributed by atoms with E-state index >= 15 is 0 Å². The summed E-state index contributed by atoms with van der Waals surface area (Å²) in [6.07, 6.45) is 3.44. The molecule has 0 spiro atoms. The second-order valence-corrected chi connectivity index (χ2v) is 4.67. The lowest BCUT2D eigenvalue weighted by Crippen LogP contribution is -2.28. The van der Waals surface area contributed by atoms with Gasteiger partial charge in [0.15, 0.2) is 0 Å². The molecule has 1 N–H and O–H groups in total. The van der Waals surface area contributed by atoms with Crippen LogP contribution in [-0.2, 0) is 17.8 Å². The minimum atomic E-state index is -0.708. The first-order valence-corrected chi connectivity index (χ1v) is 6.32. The van der Waals surface area contributed by atoms with Crippen molar-refractivity contribution in [2.24, 2.45) is 5.92 Å². The van der Waals surface area contributed by atoms with Crippen molar-refractivity contribution in [2.45, 2.75) is 52.0 Å². The number of aryl methyl sites for hydroxylation is 1. The summed E-state index contributed by atoms with van der Waals surface area (Å²) in [6.45, 7) is 4.80. The molecule has 1 aromatic rings. The van der Waals surface area contributed by atoms with E-state index < -0.39 is 5.97 Å². The number of aromatic nitrogens is 3. The Morgan fingerprint density at radius 1 is 1.47 bits per heavy atom. The zero-order chi connectivity index (χ0) is 12.4. The predicted octanol–water partition coefficient (Wildman–Crippen LogP) is 1.83. The minimum absolute atomic E-state index is 0.286. The molecular weight excluding hydrogens is 218 g/mol. The average Bonchev–Trinajstić information content (AvgIpc) is 2.74. The fraction of sp³-hybridized carbons (Fsp3) is 0.750. The molecule has 0 radical (unpaired) electrons. The summed E-state index contributed by atoms with van der Waals surface area (Å²) in [5, 5.41) is 17.5. The summed E-state index contributed by atoms with van der Waals surface area (Å²) in [4.78, 5) is 11.1. The highest BCUT2D eigenvalue weighted by Crippen LogP contribution is 2.27. The summed E-state index contributed by atoms with van der Waals surface area (Å²) in [6, 6.07) is 0. The standard InChI is InChI=1S/C12H19N3O2/c1-3-8(4-2)11-14-13-10-6-5-9(12(16)17)7-15(10)11/h8-9H,3-7H2,1-2H3,(H,16,17). The van der Waals surface area contributed by atoms with Crippen LogP contribution < -0.4 is 0 Å². The molecule has 0 aliphatic carbocycles. The Bertz CT molecular complexity index is 410. The van der Waals surface area contributed by atoms with Crippen molar-refractivity contribution in [2.75, 3.05) is 0 Å². The van der Waals surface area contributed by atoms with Gasteiger partial charge in [-0.25, -0.2) is 0 Å². The Hall–Kier alpha value is -1.39. The van der Waals surface area contributed by atoms with Crippen molar-refractivity contribution < 1.29 is 9.90 Å². The monoisotopic (exact) mass is 237 g/mol. The second-order valence-electron chi connectivity index (χ2n) is 4.67. The first kappa shape index (κ1) is 12.1. The molecule has 0 bridgehead atoms. The van der Waals surface area contributed by atoms with Gasteiger partial charge in [-0.2, -0.15) is 0 Å². The highest BCUT2D eigenvalue weighted by molar-refractivity contribution is 5.70. The lowest BCUT2D eigenvalue weighted by Gasteiger charge is -2.23.